The molecular formula is C7H18N2OS. The topological polar surface area (TPSA) is 47.3 Å². The average Bonchev–Trinajstić information content (AvgIpc) is 2.03. The summed E-state index contributed by atoms with van der Waals surface area (Å²) in [6.45, 7) is 2.86. The summed E-state index contributed by atoms with van der Waals surface area (Å²) in [7, 11) is 1.69. The minimum atomic E-state index is 0.288. The lowest BCUT2D eigenvalue weighted by molar-refractivity contribution is 0.174. The molecule has 0 aromatic carbocycles. The molecular weight excluding hydrogens is 160 g/mol. The Morgan fingerprint density at radius 3 is 2.82 bits per heavy atom. The Morgan fingerprint density at radius 2 is 2.36 bits per heavy atom. The molecule has 11 heavy (non-hydrogen) atoms. The van der Waals surface area contributed by atoms with Crippen LogP contribution in [0.3, 0.4) is 0 Å². The minimum Gasteiger partial charge on any atom is -0.383 e. The molecule has 0 rings (SSSR count). The van der Waals surface area contributed by atoms with Crippen molar-refractivity contribution in [3.05, 3.63) is 0 Å². The van der Waals surface area contributed by atoms with E-state index in [9.17, 15) is 0 Å². The first kappa shape index (κ1) is 11.2. The summed E-state index contributed by atoms with van der Waals surface area (Å²) >= 11 is 1.90. The van der Waals surface area contributed by atoms with Crippen molar-refractivity contribution < 1.29 is 4.74 Å². The molecule has 0 spiro atoms. The maximum Gasteiger partial charge on any atom is 0.0637 e. The molecule has 0 aliphatic heterocycles. The molecule has 4 heteroatoms. The summed E-state index contributed by atoms with van der Waals surface area (Å²) in [4.78, 5) is 0. The first-order valence-corrected chi connectivity index (χ1v) is 5.03. The normalized spacial score (nSPS) is 13.4. The van der Waals surface area contributed by atoms with Crippen LogP contribution < -0.4 is 11.3 Å². The van der Waals surface area contributed by atoms with Gasteiger partial charge in [0.25, 0.3) is 0 Å². The van der Waals surface area contributed by atoms with E-state index in [1.54, 1.807) is 7.11 Å². The standard InChI is InChI=1S/C7H18N2OS/c1-3-4-11-6-7(9-8)5-10-2/h7,9H,3-6,8H2,1-2H3. The zero-order chi connectivity index (χ0) is 8.53. The Bertz CT molecular complexity index is 82.8. The van der Waals surface area contributed by atoms with E-state index in [0.717, 1.165) is 5.75 Å². The van der Waals surface area contributed by atoms with Gasteiger partial charge in [-0.05, 0) is 12.2 Å². The van der Waals surface area contributed by atoms with E-state index in [0.29, 0.717) is 6.61 Å². The van der Waals surface area contributed by atoms with Crippen LogP contribution in [0.1, 0.15) is 13.3 Å². The predicted molar refractivity (Wildman–Crippen MR) is 50.6 cm³/mol. The summed E-state index contributed by atoms with van der Waals surface area (Å²) in [5.74, 6) is 7.52. The van der Waals surface area contributed by atoms with Gasteiger partial charge in [-0.2, -0.15) is 11.8 Å². The summed E-state index contributed by atoms with van der Waals surface area (Å²) in [5, 5.41) is 0. The zero-order valence-electron chi connectivity index (χ0n) is 7.30. The van der Waals surface area contributed by atoms with Crippen LogP contribution >= 0.6 is 11.8 Å². The van der Waals surface area contributed by atoms with Crippen LogP contribution in [0.25, 0.3) is 0 Å². The second-order valence-corrected chi connectivity index (χ2v) is 3.54. The molecule has 0 saturated carbocycles. The van der Waals surface area contributed by atoms with Gasteiger partial charge in [0.05, 0.1) is 12.6 Å². The highest BCUT2D eigenvalue weighted by atomic mass is 32.2. The van der Waals surface area contributed by atoms with Gasteiger partial charge in [-0.3, -0.25) is 11.3 Å². The summed E-state index contributed by atoms with van der Waals surface area (Å²) in [6.07, 6.45) is 1.22. The molecule has 3 nitrogen and oxygen atoms in total. The van der Waals surface area contributed by atoms with E-state index in [1.807, 2.05) is 11.8 Å². The third-order valence-electron chi connectivity index (χ3n) is 1.27. The van der Waals surface area contributed by atoms with Gasteiger partial charge >= 0.3 is 0 Å². The fourth-order valence-electron chi connectivity index (χ4n) is 0.715. The van der Waals surface area contributed by atoms with Gasteiger partial charge in [0, 0.05) is 12.9 Å². The largest absolute Gasteiger partial charge is 0.383 e. The van der Waals surface area contributed by atoms with Gasteiger partial charge in [-0.25, -0.2) is 0 Å². The van der Waals surface area contributed by atoms with Gasteiger partial charge in [0.15, 0.2) is 0 Å². The fraction of sp³-hybridized carbons (Fsp3) is 1.00. The number of ether oxygens (including phenoxy) is 1. The Hall–Kier alpha value is 0.230. The molecule has 0 saturated heterocycles. The highest BCUT2D eigenvalue weighted by Crippen LogP contribution is 2.03. The van der Waals surface area contributed by atoms with Crippen molar-refractivity contribution in [2.45, 2.75) is 19.4 Å². The number of thioether (sulfide) groups is 1. The van der Waals surface area contributed by atoms with Crippen molar-refractivity contribution in [3.8, 4) is 0 Å². The lowest BCUT2D eigenvalue weighted by Crippen LogP contribution is -2.40. The summed E-state index contributed by atoms with van der Waals surface area (Å²) in [6, 6.07) is 0.288. The van der Waals surface area contributed by atoms with Crippen molar-refractivity contribution >= 4 is 11.8 Å². The molecule has 68 valence electrons. The van der Waals surface area contributed by atoms with Crippen LogP contribution in [0.2, 0.25) is 0 Å². The molecule has 0 amide bonds. The SMILES string of the molecule is CCCSCC(COC)NN. The maximum absolute atomic E-state index is 5.30. The highest BCUT2D eigenvalue weighted by Gasteiger charge is 2.04. The van der Waals surface area contributed by atoms with Gasteiger partial charge < -0.3 is 4.74 Å². The average molecular weight is 178 g/mol. The number of hydrazine groups is 1. The van der Waals surface area contributed by atoms with Gasteiger partial charge in [0.1, 0.15) is 0 Å². The molecule has 0 aromatic rings. The lowest BCUT2D eigenvalue weighted by atomic mass is 10.4. The number of nitrogens with one attached hydrogen (secondary N) is 1. The van der Waals surface area contributed by atoms with Crippen molar-refractivity contribution in [3.63, 3.8) is 0 Å². The molecule has 0 fully saturated rings. The van der Waals surface area contributed by atoms with Crippen LogP contribution in [0.5, 0.6) is 0 Å². The van der Waals surface area contributed by atoms with Gasteiger partial charge in [-0.1, -0.05) is 6.92 Å². The Morgan fingerprint density at radius 1 is 1.64 bits per heavy atom. The first-order valence-electron chi connectivity index (χ1n) is 3.88. The van der Waals surface area contributed by atoms with Crippen LogP contribution in [-0.4, -0.2) is 31.3 Å². The molecule has 0 aliphatic carbocycles. The van der Waals surface area contributed by atoms with E-state index in [1.165, 1.54) is 12.2 Å². The van der Waals surface area contributed by atoms with E-state index >= 15 is 0 Å². The third-order valence-corrected chi connectivity index (χ3v) is 2.61. The third kappa shape index (κ3) is 6.62. The second kappa shape index (κ2) is 8.33. The van der Waals surface area contributed by atoms with Crippen LogP contribution in [0.4, 0.5) is 0 Å². The van der Waals surface area contributed by atoms with Gasteiger partial charge in [-0.15, -0.1) is 0 Å². The van der Waals surface area contributed by atoms with Crippen LogP contribution in [0.15, 0.2) is 0 Å². The predicted octanol–water partition coefficient (Wildman–Crippen LogP) is 0.608. The molecule has 1 unspecified atom stereocenters. The molecule has 0 heterocycles. The van der Waals surface area contributed by atoms with Crippen molar-refractivity contribution in [2.75, 3.05) is 25.2 Å². The molecule has 0 radical (unpaired) electrons. The van der Waals surface area contributed by atoms with Gasteiger partial charge in [0.2, 0.25) is 0 Å². The maximum atomic E-state index is 5.30. The van der Waals surface area contributed by atoms with E-state index in [2.05, 4.69) is 12.3 Å². The molecule has 0 bridgehead atoms. The number of hydrogen-bond donors (Lipinski definition) is 2. The molecule has 0 aliphatic rings. The van der Waals surface area contributed by atoms with Crippen LogP contribution in [-0.2, 0) is 4.74 Å². The van der Waals surface area contributed by atoms with E-state index in [4.69, 9.17) is 10.6 Å². The highest BCUT2D eigenvalue weighted by molar-refractivity contribution is 7.99. The second-order valence-electron chi connectivity index (χ2n) is 2.39. The molecule has 0 aromatic heterocycles. The molecule has 1 atom stereocenters. The quantitative estimate of drug-likeness (QED) is 0.341. The molecule has 3 N–H and O–H groups in total. The smallest absolute Gasteiger partial charge is 0.0637 e. The number of hydrogen-bond acceptors (Lipinski definition) is 4. The Labute approximate surface area is 73.0 Å². The van der Waals surface area contributed by atoms with E-state index < -0.39 is 0 Å². The number of nitrogens with two attached hydrogens (primary N) is 1. The van der Waals surface area contributed by atoms with Crippen molar-refractivity contribution in [1.82, 2.24) is 5.43 Å². The monoisotopic (exact) mass is 178 g/mol. The summed E-state index contributed by atoms with van der Waals surface area (Å²) in [5.41, 5.74) is 2.72. The zero-order valence-corrected chi connectivity index (χ0v) is 8.12. The lowest BCUT2D eigenvalue weighted by Gasteiger charge is -2.13. The number of methoxy groups -OCH3 is 1. The Balaban J connectivity index is 3.20. The first-order chi connectivity index (χ1) is 5.35. The van der Waals surface area contributed by atoms with Crippen LogP contribution in [0, 0.1) is 0 Å². The Kier molecular flexibility index (Phi) is 8.50. The fourth-order valence-corrected chi connectivity index (χ4v) is 1.65. The van der Waals surface area contributed by atoms with Crippen molar-refractivity contribution in [2.24, 2.45) is 5.84 Å². The van der Waals surface area contributed by atoms with E-state index in [-0.39, 0.29) is 6.04 Å². The summed E-state index contributed by atoms with van der Waals surface area (Å²) < 4.78 is 4.97. The number of rotatable bonds is 7. The minimum absolute atomic E-state index is 0.288. The van der Waals surface area contributed by atoms with Crippen molar-refractivity contribution in [1.29, 1.82) is 0 Å².